The molecule has 0 unspecified atom stereocenters. The van der Waals surface area contributed by atoms with E-state index in [0.717, 1.165) is 38.5 Å². The Bertz CT molecular complexity index is 963. The van der Waals surface area contributed by atoms with E-state index < -0.39 is 0 Å². The molecule has 4 rings (SSSR count). The molecular weight excluding hydrogens is 382 g/mol. The van der Waals surface area contributed by atoms with Crippen molar-refractivity contribution in [3.63, 3.8) is 0 Å². The lowest BCUT2D eigenvalue weighted by Crippen LogP contribution is -2.26. The molecule has 0 radical (unpaired) electrons. The van der Waals surface area contributed by atoms with E-state index in [1.54, 1.807) is 0 Å². The molecule has 31 heavy (non-hydrogen) atoms. The van der Waals surface area contributed by atoms with Crippen LogP contribution in [0.15, 0.2) is 47.6 Å². The zero-order valence-corrected chi connectivity index (χ0v) is 19.0. The van der Waals surface area contributed by atoms with Gasteiger partial charge in [-0.15, -0.1) is 0 Å². The summed E-state index contributed by atoms with van der Waals surface area (Å²) in [7, 11) is 0. The molecule has 0 spiro atoms. The SMILES string of the molecule is CCCC1(CCC)c2ccccc2-c2ccc(C(=O)/C(CC3CCCCC3)=N\O)cc21. The maximum absolute atomic E-state index is 13.4. The molecule has 2 aliphatic rings. The van der Waals surface area contributed by atoms with Crippen LogP contribution in [0.2, 0.25) is 0 Å². The zero-order valence-electron chi connectivity index (χ0n) is 19.0. The molecular formula is C28H35NO2. The predicted octanol–water partition coefficient (Wildman–Crippen LogP) is 7.54. The van der Waals surface area contributed by atoms with Gasteiger partial charge < -0.3 is 5.21 Å². The highest BCUT2D eigenvalue weighted by atomic mass is 16.4. The first-order valence-electron chi connectivity index (χ1n) is 12.1. The van der Waals surface area contributed by atoms with Crippen LogP contribution in [0.4, 0.5) is 0 Å². The molecule has 0 amide bonds. The molecule has 1 N–H and O–H groups in total. The Labute approximate surface area is 186 Å². The third-order valence-electron chi connectivity index (χ3n) is 7.47. The number of hydrogen-bond acceptors (Lipinski definition) is 3. The highest BCUT2D eigenvalue weighted by Gasteiger charge is 2.42. The van der Waals surface area contributed by atoms with Crippen molar-refractivity contribution in [1.29, 1.82) is 0 Å². The summed E-state index contributed by atoms with van der Waals surface area (Å²) in [5.74, 6) is 0.343. The number of benzene rings is 2. The van der Waals surface area contributed by atoms with Crippen molar-refractivity contribution in [1.82, 2.24) is 0 Å². The van der Waals surface area contributed by atoms with Gasteiger partial charge in [0.25, 0.3) is 0 Å². The quantitative estimate of drug-likeness (QED) is 0.209. The van der Waals surface area contributed by atoms with Crippen molar-refractivity contribution in [2.45, 2.75) is 83.5 Å². The third kappa shape index (κ3) is 3.95. The van der Waals surface area contributed by atoms with Crippen molar-refractivity contribution >= 4 is 11.5 Å². The normalized spacial score (nSPS) is 17.9. The fraction of sp³-hybridized carbons (Fsp3) is 0.500. The van der Waals surface area contributed by atoms with Crippen LogP contribution in [-0.4, -0.2) is 16.7 Å². The molecule has 0 heterocycles. The monoisotopic (exact) mass is 417 g/mol. The van der Waals surface area contributed by atoms with Crippen molar-refractivity contribution < 1.29 is 10.0 Å². The van der Waals surface area contributed by atoms with Gasteiger partial charge in [-0.2, -0.15) is 0 Å². The average molecular weight is 418 g/mol. The van der Waals surface area contributed by atoms with E-state index in [-0.39, 0.29) is 11.2 Å². The molecule has 3 heteroatoms. The zero-order chi connectivity index (χ0) is 21.8. The second-order valence-corrected chi connectivity index (χ2v) is 9.47. The minimum absolute atomic E-state index is 0.0361. The average Bonchev–Trinajstić information content (AvgIpc) is 3.08. The maximum Gasteiger partial charge on any atom is 0.210 e. The predicted molar refractivity (Wildman–Crippen MR) is 127 cm³/mol. The number of ketones is 1. The molecule has 0 saturated heterocycles. The summed E-state index contributed by atoms with van der Waals surface area (Å²) in [6, 6.07) is 14.9. The van der Waals surface area contributed by atoms with Crippen LogP contribution in [0.1, 0.15) is 99.5 Å². The molecule has 2 aromatic carbocycles. The molecule has 0 aromatic heterocycles. The van der Waals surface area contributed by atoms with E-state index >= 15 is 0 Å². The van der Waals surface area contributed by atoms with Crippen LogP contribution in [0.5, 0.6) is 0 Å². The summed E-state index contributed by atoms with van der Waals surface area (Å²) in [6.07, 6.45) is 10.9. The first-order valence-corrected chi connectivity index (χ1v) is 12.1. The number of carbonyl (C=O) groups excluding carboxylic acids is 1. The summed E-state index contributed by atoms with van der Waals surface area (Å²) in [5.41, 5.74) is 6.17. The Balaban J connectivity index is 1.72. The molecule has 2 aromatic rings. The summed E-state index contributed by atoms with van der Waals surface area (Å²) < 4.78 is 0. The molecule has 2 aliphatic carbocycles. The summed E-state index contributed by atoms with van der Waals surface area (Å²) in [5, 5.41) is 13.1. The lowest BCUT2D eigenvalue weighted by molar-refractivity contribution is 0.105. The van der Waals surface area contributed by atoms with Gasteiger partial charge in [-0.3, -0.25) is 4.79 Å². The molecule has 0 atom stereocenters. The van der Waals surface area contributed by atoms with Crippen LogP contribution in [0, 0.1) is 5.92 Å². The van der Waals surface area contributed by atoms with Crippen LogP contribution in [-0.2, 0) is 5.41 Å². The van der Waals surface area contributed by atoms with Crippen molar-refractivity contribution in [3.05, 3.63) is 59.2 Å². The fourth-order valence-corrected chi connectivity index (χ4v) is 6.12. The van der Waals surface area contributed by atoms with Crippen LogP contribution >= 0.6 is 0 Å². The standard InChI is InChI=1S/C28H35NO2/c1-3-16-28(17-4-2)24-13-9-8-12-22(24)23-15-14-21(19-25(23)28)27(30)26(29-31)18-20-10-6-5-7-11-20/h8-9,12-15,19-20,31H,3-7,10-11,16-18H2,1-2H3/b29-26-. The molecule has 1 saturated carbocycles. The molecule has 0 bridgehead atoms. The first-order chi connectivity index (χ1) is 15.1. The first kappa shape index (κ1) is 21.8. The van der Waals surface area contributed by atoms with E-state index in [0.29, 0.717) is 23.6 Å². The smallest absolute Gasteiger partial charge is 0.210 e. The number of rotatable bonds is 8. The number of nitrogens with zero attached hydrogens (tertiary/aromatic N) is 1. The highest BCUT2D eigenvalue weighted by molar-refractivity contribution is 6.46. The lowest BCUT2D eigenvalue weighted by atomic mass is 9.71. The van der Waals surface area contributed by atoms with E-state index in [1.165, 1.54) is 41.5 Å². The van der Waals surface area contributed by atoms with Crippen molar-refractivity contribution in [3.8, 4) is 11.1 Å². The molecule has 1 fully saturated rings. The summed E-state index contributed by atoms with van der Waals surface area (Å²) in [6.45, 7) is 4.49. The Morgan fingerprint density at radius 2 is 1.65 bits per heavy atom. The van der Waals surface area contributed by atoms with Gasteiger partial charge in [-0.05, 0) is 53.5 Å². The Morgan fingerprint density at radius 3 is 2.32 bits per heavy atom. The van der Waals surface area contributed by atoms with Gasteiger partial charge in [0, 0.05) is 11.0 Å². The van der Waals surface area contributed by atoms with Gasteiger partial charge in [-0.1, -0.05) is 100 Å². The second-order valence-electron chi connectivity index (χ2n) is 9.47. The number of fused-ring (bicyclic) bond motifs is 3. The van der Waals surface area contributed by atoms with Crippen LogP contribution in [0.3, 0.4) is 0 Å². The van der Waals surface area contributed by atoms with E-state index in [2.05, 4.69) is 55.4 Å². The van der Waals surface area contributed by atoms with Gasteiger partial charge in [0.15, 0.2) is 0 Å². The lowest BCUT2D eigenvalue weighted by Gasteiger charge is -2.32. The minimum Gasteiger partial charge on any atom is -0.411 e. The van der Waals surface area contributed by atoms with Crippen LogP contribution in [0.25, 0.3) is 11.1 Å². The van der Waals surface area contributed by atoms with Gasteiger partial charge >= 0.3 is 0 Å². The molecule has 3 nitrogen and oxygen atoms in total. The Hall–Kier alpha value is -2.42. The second kappa shape index (κ2) is 9.38. The van der Waals surface area contributed by atoms with Gasteiger partial charge in [0.1, 0.15) is 5.71 Å². The third-order valence-corrected chi connectivity index (χ3v) is 7.47. The van der Waals surface area contributed by atoms with Crippen LogP contribution < -0.4 is 0 Å². The number of Topliss-reactive ketones (excluding diaryl/α,β-unsaturated/α-hetero) is 1. The Morgan fingerprint density at radius 1 is 0.968 bits per heavy atom. The maximum atomic E-state index is 13.4. The summed E-state index contributed by atoms with van der Waals surface area (Å²) >= 11 is 0. The van der Waals surface area contributed by atoms with Gasteiger partial charge in [-0.25, -0.2) is 0 Å². The van der Waals surface area contributed by atoms with Gasteiger partial charge in [0.2, 0.25) is 5.78 Å². The van der Waals surface area contributed by atoms with E-state index in [1.807, 2.05) is 6.07 Å². The Kier molecular flexibility index (Phi) is 6.60. The molecule has 164 valence electrons. The van der Waals surface area contributed by atoms with Crippen molar-refractivity contribution in [2.24, 2.45) is 11.1 Å². The largest absolute Gasteiger partial charge is 0.411 e. The molecule has 0 aliphatic heterocycles. The topological polar surface area (TPSA) is 49.7 Å². The number of carbonyl (C=O) groups is 1. The van der Waals surface area contributed by atoms with Crippen molar-refractivity contribution in [2.75, 3.05) is 0 Å². The fourth-order valence-electron chi connectivity index (χ4n) is 6.12. The minimum atomic E-state index is -0.117. The van der Waals surface area contributed by atoms with E-state index in [4.69, 9.17) is 0 Å². The number of oxime groups is 1. The highest BCUT2D eigenvalue weighted by Crippen LogP contribution is 2.53. The van der Waals surface area contributed by atoms with E-state index in [9.17, 15) is 10.0 Å². The van der Waals surface area contributed by atoms with Gasteiger partial charge in [0.05, 0.1) is 0 Å². The summed E-state index contributed by atoms with van der Waals surface area (Å²) in [4.78, 5) is 13.4. The number of hydrogen-bond donors (Lipinski definition) is 1.